The van der Waals surface area contributed by atoms with E-state index in [9.17, 15) is 35.4 Å². The van der Waals surface area contributed by atoms with Crippen molar-refractivity contribution in [3.05, 3.63) is 24.3 Å². The van der Waals surface area contributed by atoms with Crippen molar-refractivity contribution in [2.24, 2.45) is 0 Å². The van der Waals surface area contributed by atoms with Crippen LogP contribution in [0.2, 0.25) is 0 Å². The van der Waals surface area contributed by atoms with E-state index < -0.39 is 61.5 Å². The molecule has 1 aliphatic heterocycles. The Morgan fingerprint density at radius 1 is 0.583 bits per heavy atom. The highest BCUT2D eigenvalue weighted by molar-refractivity contribution is 5.80. The molecule has 0 aliphatic carbocycles. The maximum Gasteiger partial charge on any atom is 0.249 e. The molecule has 1 aliphatic rings. The fraction of sp³-hybridized carbons (Fsp3) is 0.900. The lowest BCUT2D eigenvalue weighted by molar-refractivity contribution is -0.302. The smallest absolute Gasteiger partial charge is 0.249 e. The molecule has 1 heterocycles. The molecule has 1 amide bonds. The summed E-state index contributed by atoms with van der Waals surface area (Å²) in [4.78, 5) is 13.1. The first-order chi connectivity index (χ1) is 29.3. The van der Waals surface area contributed by atoms with E-state index in [1.54, 1.807) is 0 Å². The highest BCUT2D eigenvalue weighted by atomic mass is 16.7. The molecule has 0 aromatic carbocycles. The van der Waals surface area contributed by atoms with E-state index in [2.05, 4.69) is 43.5 Å². The summed E-state index contributed by atoms with van der Waals surface area (Å²) in [7, 11) is 0. The van der Waals surface area contributed by atoms with Crippen LogP contribution in [0.25, 0.3) is 0 Å². The van der Waals surface area contributed by atoms with Gasteiger partial charge in [0.15, 0.2) is 6.29 Å². The minimum absolute atomic E-state index is 0.253. The van der Waals surface area contributed by atoms with Crippen molar-refractivity contribution < 1.29 is 44.9 Å². The van der Waals surface area contributed by atoms with Crippen LogP contribution in [0.1, 0.15) is 226 Å². The van der Waals surface area contributed by atoms with Crippen LogP contribution in [0.3, 0.4) is 0 Å². The number of aliphatic hydroxyl groups is 6. The van der Waals surface area contributed by atoms with Gasteiger partial charge in [0.25, 0.3) is 0 Å². The van der Waals surface area contributed by atoms with Gasteiger partial charge in [-0.2, -0.15) is 0 Å². The minimum atomic E-state index is -1.60. The zero-order chi connectivity index (χ0) is 43.9. The molecule has 0 radical (unpaired) electrons. The van der Waals surface area contributed by atoms with Gasteiger partial charge in [0.05, 0.1) is 25.4 Å². The number of hydrogen-bond donors (Lipinski definition) is 7. The average Bonchev–Trinajstić information content (AvgIpc) is 3.25. The number of aliphatic hydroxyl groups excluding tert-OH is 6. The summed E-state index contributed by atoms with van der Waals surface area (Å²) < 4.78 is 11.2. The van der Waals surface area contributed by atoms with Crippen molar-refractivity contribution >= 4 is 5.91 Å². The molecular formula is C50H95NO9. The molecule has 0 aromatic rings. The first-order valence-electron chi connectivity index (χ1n) is 25.1. The fourth-order valence-corrected chi connectivity index (χ4v) is 8.09. The molecule has 8 atom stereocenters. The molecule has 7 N–H and O–H groups in total. The number of rotatable bonds is 42. The number of ether oxygens (including phenoxy) is 2. The van der Waals surface area contributed by atoms with Crippen molar-refractivity contribution in [3.63, 3.8) is 0 Å². The van der Waals surface area contributed by atoms with Gasteiger partial charge in [-0.1, -0.05) is 212 Å². The highest BCUT2D eigenvalue weighted by Crippen LogP contribution is 2.23. The van der Waals surface area contributed by atoms with Crippen LogP contribution < -0.4 is 5.32 Å². The SMILES string of the molecule is CC/C=C\C/C=C\CCCCCCCCCCCCCCCC(O)C(=O)NC(COC1OC(CO)C(O)C(O)C1O)C(O)CCCCCCCCCCCCCCCCC. The van der Waals surface area contributed by atoms with Crippen LogP contribution >= 0.6 is 0 Å². The third kappa shape index (κ3) is 29.8. The van der Waals surface area contributed by atoms with Crippen LogP contribution in [0, 0.1) is 0 Å². The van der Waals surface area contributed by atoms with Gasteiger partial charge in [-0.05, 0) is 38.5 Å². The topological polar surface area (TPSA) is 169 Å². The maximum atomic E-state index is 13.1. The number of unbranched alkanes of at least 4 members (excludes halogenated alkanes) is 27. The number of nitrogens with one attached hydrogen (secondary N) is 1. The minimum Gasteiger partial charge on any atom is -0.394 e. The Labute approximate surface area is 367 Å². The van der Waals surface area contributed by atoms with E-state index in [0.29, 0.717) is 12.8 Å². The Morgan fingerprint density at radius 2 is 1.03 bits per heavy atom. The van der Waals surface area contributed by atoms with E-state index in [0.717, 1.165) is 64.2 Å². The summed E-state index contributed by atoms with van der Waals surface area (Å²) in [6, 6.07) is -0.892. The molecule has 0 spiro atoms. The van der Waals surface area contributed by atoms with E-state index in [4.69, 9.17) is 9.47 Å². The van der Waals surface area contributed by atoms with Gasteiger partial charge in [-0.25, -0.2) is 0 Å². The van der Waals surface area contributed by atoms with Crippen LogP contribution in [-0.2, 0) is 14.3 Å². The van der Waals surface area contributed by atoms with Crippen molar-refractivity contribution in [1.82, 2.24) is 5.32 Å². The molecule has 1 rings (SSSR count). The van der Waals surface area contributed by atoms with Crippen LogP contribution in [-0.4, -0.2) is 98.7 Å². The quantitative estimate of drug-likeness (QED) is 0.0233. The number of carbonyl (C=O) groups is 1. The lowest BCUT2D eigenvalue weighted by Crippen LogP contribution is -2.60. The molecule has 0 bridgehead atoms. The third-order valence-corrected chi connectivity index (χ3v) is 12.2. The Balaban J connectivity index is 2.32. The van der Waals surface area contributed by atoms with Gasteiger partial charge in [0.2, 0.25) is 5.91 Å². The van der Waals surface area contributed by atoms with Gasteiger partial charge >= 0.3 is 0 Å². The van der Waals surface area contributed by atoms with Crippen LogP contribution in [0.5, 0.6) is 0 Å². The number of allylic oxidation sites excluding steroid dienone is 4. The summed E-state index contributed by atoms with van der Waals surface area (Å²) in [5, 5.41) is 65.0. The molecule has 354 valence electrons. The average molecular weight is 854 g/mol. The van der Waals surface area contributed by atoms with Crippen LogP contribution in [0.4, 0.5) is 0 Å². The summed E-state index contributed by atoms with van der Waals surface area (Å²) in [6.07, 6.45) is 37.9. The predicted molar refractivity (Wildman–Crippen MR) is 246 cm³/mol. The fourth-order valence-electron chi connectivity index (χ4n) is 8.09. The van der Waals surface area contributed by atoms with Crippen molar-refractivity contribution in [2.75, 3.05) is 13.2 Å². The summed E-state index contributed by atoms with van der Waals surface area (Å²) in [6.45, 7) is 3.58. The molecule has 8 unspecified atom stereocenters. The Hall–Kier alpha value is -1.37. The molecule has 10 nitrogen and oxygen atoms in total. The molecule has 1 fully saturated rings. The molecule has 0 aromatic heterocycles. The van der Waals surface area contributed by atoms with E-state index in [1.165, 1.54) is 135 Å². The predicted octanol–water partition coefficient (Wildman–Crippen LogP) is 10.0. The van der Waals surface area contributed by atoms with E-state index in [1.807, 2.05) is 0 Å². The second-order valence-corrected chi connectivity index (χ2v) is 17.7. The zero-order valence-electron chi connectivity index (χ0n) is 38.6. The Kier molecular flexibility index (Phi) is 38.1. The first-order valence-corrected chi connectivity index (χ1v) is 25.1. The number of carbonyl (C=O) groups excluding carboxylic acids is 1. The summed E-state index contributed by atoms with van der Waals surface area (Å²) >= 11 is 0. The lowest BCUT2D eigenvalue weighted by atomic mass is 9.99. The molecule has 1 saturated heterocycles. The van der Waals surface area contributed by atoms with Gasteiger partial charge in [-0.3, -0.25) is 4.79 Å². The highest BCUT2D eigenvalue weighted by Gasteiger charge is 2.44. The van der Waals surface area contributed by atoms with Gasteiger partial charge in [0, 0.05) is 0 Å². The zero-order valence-corrected chi connectivity index (χ0v) is 38.6. The first kappa shape index (κ1) is 56.6. The van der Waals surface area contributed by atoms with Crippen molar-refractivity contribution in [2.45, 2.75) is 275 Å². The normalized spacial score (nSPS) is 21.2. The lowest BCUT2D eigenvalue weighted by Gasteiger charge is -2.40. The monoisotopic (exact) mass is 854 g/mol. The largest absolute Gasteiger partial charge is 0.394 e. The van der Waals surface area contributed by atoms with Crippen molar-refractivity contribution in [3.8, 4) is 0 Å². The Morgan fingerprint density at radius 3 is 1.52 bits per heavy atom. The second kappa shape index (κ2) is 40.4. The summed E-state index contributed by atoms with van der Waals surface area (Å²) in [5.74, 6) is -0.583. The van der Waals surface area contributed by atoms with Crippen molar-refractivity contribution in [1.29, 1.82) is 0 Å². The Bertz CT molecular complexity index is 1010. The second-order valence-electron chi connectivity index (χ2n) is 17.7. The molecule has 60 heavy (non-hydrogen) atoms. The van der Waals surface area contributed by atoms with Gasteiger partial charge in [-0.15, -0.1) is 0 Å². The van der Waals surface area contributed by atoms with Crippen LogP contribution in [0.15, 0.2) is 24.3 Å². The van der Waals surface area contributed by atoms with E-state index in [-0.39, 0.29) is 6.61 Å². The standard InChI is InChI=1S/C50H95NO9/c1-3-5-7-9-11-13-15-17-19-20-21-22-23-25-27-29-31-33-35-37-39-44(54)49(58)51-42(41-59-50-48(57)47(56)46(55)45(40-52)60-50)43(53)38-36-34-32-30-28-26-24-18-16-14-12-10-8-6-4-2/h5,7,11,13,42-48,50,52-57H,3-4,6,8-10,12,14-41H2,1-2H3,(H,51,58)/b7-5-,13-11-. The summed E-state index contributed by atoms with van der Waals surface area (Å²) in [5.41, 5.74) is 0. The molecular weight excluding hydrogens is 759 g/mol. The maximum absolute atomic E-state index is 13.1. The van der Waals surface area contributed by atoms with Gasteiger partial charge in [0.1, 0.15) is 30.5 Å². The molecule has 10 heteroatoms. The van der Waals surface area contributed by atoms with Gasteiger partial charge < -0.3 is 45.4 Å². The molecule has 0 saturated carbocycles. The number of amides is 1. The number of hydrogen-bond acceptors (Lipinski definition) is 9. The third-order valence-electron chi connectivity index (χ3n) is 12.2. The van der Waals surface area contributed by atoms with E-state index >= 15 is 0 Å².